The molecular weight excluding hydrogens is 444 g/mol. The van der Waals surface area contributed by atoms with E-state index in [9.17, 15) is 9.59 Å². The smallest absolute Gasteiger partial charge is 0.227 e. The minimum atomic E-state index is -0.978. The van der Waals surface area contributed by atoms with Crippen LogP contribution in [-0.2, 0) is 26.3 Å². The highest BCUT2D eigenvalue weighted by atomic mass is 35.5. The van der Waals surface area contributed by atoms with Gasteiger partial charge in [-0.05, 0) is 35.4 Å². The molecule has 1 amide bonds. The number of ether oxygens (including phenoxy) is 1. The minimum Gasteiger partial charge on any atom is -0.366 e. The van der Waals surface area contributed by atoms with Gasteiger partial charge in [0.25, 0.3) is 0 Å². The molecule has 1 unspecified atom stereocenters. The fourth-order valence-electron chi connectivity index (χ4n) is 3.29. The van der Waals surface area contributed by atoms with E-state index in [1.165, 1.54) is 0 Å². The van der Waals surface area contributed by atoms with Gasteiger partial charge in [0.05, 0.1) is 29.6 Å². The molecule has 0 radical (unpaired) electrons. The number of hydrogen-bond donors (Lipinski definition) is 0. The van der Waals surface area contributed by atoms with E-state index in [4.69, 9.17) is 51.1 Å². The Kier molecular flexibility index (Phi) is 6.89. The van der Waals surface area contributed by atoms with Crippen LogP contribution in [0.2, 0.25) is 20.1 Å². The second-order valence-corrected chi connectivity index (χ2v) is 8.16. The normalized spacial score (nSPS) is 19.5. The predicted octanol–water partition coefficient (Wildman–Crippen LogP) is 5.19. The molecule has 0 saturated carbocycles. The molecule has 1 aliphatic heterocycles. The average molecular weight is 461 g/mol. The van der Waals surface area contributed by atoms with Crippen molar-refractivity contribution in [2.75, 3.05) is 19.7 Å². The Labute approximate surface area is 183 Å². The molecule has 3 rings (SSSR count). The van der Waals surface area contributed by atoms with Crippen molar-refractivity contribution < 1.29 is 14.3 Å². The number of carbonyl (C=O) groups excluding carboxylic acids is 2. The number of carbonyl (C=O) groups is 2. The van der Waals surface area contributed by atoms with Gasteiger partial charge >= 0.3 is 0 Å². The maximum Gasteiger partial charge on any atom is 0.227 e. The highest BCUT2D eigenvalue weighted by Gasteiger charge is 2.40. The summed E-state index contributed by atoms with van der Waals surface area (Å²) in [5.74, 6) is -0.145. The van der Waals surface area contributed by atoms with E-state index in [-0.39, 0.29) is 31.9 Å². The molecule has 8 heteroatoms. The molecule has 4 nitrogen and oxygen atoms in total. The number of aldehydes is 1. The second-order valence-electron chi connectivity index (χ2n) is 6.53. The van der Waals surface area contributed by atoms with Crippen molar-refractivity contribution in [1.29, 1.82) is 0 Å². The van der Waals surface area contributed by atoms with Gasteiger partial charge in [-0.2, -0.15) is 0 Å². The van der Waals surface area contributed by atoms with E-state index in [1.807, 2.05) is 0 Å². The number of benzene rings is 2. The zero-order valence-electron chi connectivity index (χ0n) is 14.8. The largest absolute Gasteiger partial charge is 0.366 e. The Balaban J connectivity index is 1.86. The topological polar surface area (TPSA) is 46.6 Å². The van der Waals surface area contributed by atoms with Gasteiger partial charge in [-0.15, -0.1) is 0 Å². The zero-order valence-corrected chi connectivity index (χ0v) is 17.8. The fourth-order valence-corrected chi connectivity index (χ4v) is 4.12. The summed E-state index contributed by atoms with van der Waals surface area (Å²) in [7, 11) is 0. The number of halogens is 4. The van der Waals surface area contributed by atoms with Crippen LogP contribution in [0.1, 0.15) is 17.5 Å². The van der Waals surface area contributed by atoms with Gasteiger partial charge < -0.3 is 14.4 Å². The molecule has 0 bridgehead atoms. The highest BCUT2D eigenvalue weighted by molar-refractivity contribution is 6.42. The van der Waals surface area contributed by atoms with Crippen LogP contribution in [0.25, 0.3) is 0 Å². The lowest BCUT2D eigenvalue weighted by molar-refractivity contribution is -0.155. The first-order valence-electron chi connectivity index (χ1n) is 8.60. The lowest BCUT2D eigenvalue weighted by atomic mass is 9.88. The molecule has 28 heavy (non-hydrogen) atoms. The molecule has 1 atom stereocenters. The van der Waals surface area contributed by atoms with Gasteiger partial charge in [-0.3, -0.25) is 4.79 Å². The Morgan fingerprint density at radius 1 is 1.07 bits per heavy atom. The molecule has 0 aromatic heterocycles. The molecule has 1 fully saturated rings. The number of rotatable bonds is 5. The highest BCUT2D eigenvalue weighted by Crippen LogP contribution is 2.36. The Bertz CT molecular complexity index is 885. The Morgan fingerprint density at radius 3 is 2.43 bits per heavy atom. The van der Waals surface area contributed by atoms with Crippen LogP contribution in [0, 0.1) is 0 Å². The lowest BCUT2D eigenvalue weighted by Gasteiger charge is -2.42. The monoisotopic (exact) mass is 459 g/mol. The quantitative estimate of drug-likeness (QED) is 0.577. The van der Waals surface area contributed by atoms with E-state index in [0.717, 1.165) is 6.29 Å². The number of nitrogens with zero attached hydrogens (tertiary/aromatic N) is 1. The molecule has 148 valence electrons. The molecule has 1 aliphatic rings. The SMILES string of the molecule is O=CCC1(c2ccc(Cl)c(Cl)c2)CN(C(=O)Cc2c(Cl)cccc2Cl)CCO1. The van der Waals surface area contributed by atoms with Crippen molar-refractivity contribution in [2.24, 2.45) is 0 Å². The fraction of sp³-hybridized carbons (Fsp3) is 0.300. The minimum absolute atomic E-state index is 0.0665. The average Bonchev–Trinajstić information content (AvgIpc) is 2.67. The second kappa shape index (κ2) is 9.02. The van der Waals surface area contributed by atoms with Crippen LogP contribution in [-0.4, -0.2) is 36.8 Å². The van der Waals surface area contributed by atoms with Gasteiger partial charge in [0, 0.05) is 23.0 Å². The van der Waals surface area contributed by atoms with Crippen LogP contribution in [0.3, 0.4) is 0 Å². The summed E-state index contributed by atoms with van der Waals surface area (Å²) in [5, 5.41) is 1.65. The van der Waals surface area contributed by atoms with Gasteiger partial charge in [-0.1, -0.05) is 58.5 Å². The third-order valence-electron chi connectivity index (χ3n) is 4.79. The molecule has 0 spiro atoms. The summed E-state index contributed by atoms with van der Waals surface area (Å²) < 4.78 is 5.99. The Hall–Kier alpha value is -1.30. The van der Waals surface area contributed by atoms with Crippen LogP contribution in [0.15, 0.2) is 36.4 Å². The van der Waals surface area contributed by atoms with E-state index in [2.05, 4.69) is 0 Å². The van der Waals surface area contributed by atoms with Gasteiger partial charge in [-0.25, -0.2) is 0 Å². The van der Waals surface area contributed by atoms with Gasteiger partial charge in [0.15, 0.2) is 0 Å². The number of morpholine rings is 1. The van der Waals surface area contributed by atoms with Crippen molar-refractivity contribution >= 4 is 58.6 Å². The van der Waals surface area contributed by atoms with Crippen LogP contribution >= 0.6 is 46.4 Å². The van der Waals surface area contributed by atoms with Crippen LogP contribution in [0.4, 0.5) is 0 Å². The van der Waals surface area contributed by atoms with Crippen molar-refractivity contribution in [3.05, 3.63) is 67.6 Å². The van der Waals surface area contributed by atoms with Crippen LogP contribution in [0.5, 0.6) is 0 Å². The first kappa shape index (κ1) is 21.4. The van der Waals surface area contributed by atoms with Crippen molar-refractivity contribution in [2.45, 2.75) is 18.4 Å². The lowest BCUT2D eigenvalue weighted by Crippen LogP contribution is -2.52. The maximum absolute atomic E-state index is 12.9. The predicted molar refractivity (Wildman–Crippen MR) is 112 cm³/mol. The molecule has 0 aliphatic carbocycles. The standard InChI is InChI=1S/C20H17Cl4NO3/c21-15-2-1-3-16(22)14(15)11-19(27)25-7-9-28-20(12-25,6-8-26)13-4-5-17(23)18(24)10-13/h1-5,8,10H,6-7,9,11-12H2. The first-order chi connectivity index (χ1) is 13.4. The number of hydrogen-bond acceptors (Lipinski definition) is 3. The van der Waals surface area contributed by atoms with Gasteiger partial charge in [0.1, 0.15) is 11.9 Å². The summed E-state index contributed by atoms with van der Waals surface area (Å²) in [6, 6.07) is 10.2. The molecule has 0 N–H and O–H groups in total. The van der Waals surface area contributed by atoms with E-state index >= 15 is 0 Å². The summed E-state index contributed by atoms with van der Waals surface area (Å²) in [6.07, 6.45) is 0.931. The van der Waals surface area contributed by atoms with E-state index < -0.39 is 5.60 Å². The molecule has 2 aromatic carbocycles. The van der Waals surface area contributed by atoms with Crippen molar-refractivity contribution in [1.82, 2.24) is 4.90 Å². The summed E-state index contributed by atoms with van der Waals surface area (Å²) in [4.78, 5) is 26.0. The van der Waals surface area contributed by atoms with E-state index in [1.54, 1.807) is 41.3 Å². The molecule has 2 aromatic rings. The molecular formula is C20H17Cl4NO3. The van der Waals surface area contributed by atoms with Crippen molar-refractivity contribution in [3.63, 3.8) is 0 Å². The van der Waals surface area contributed by atoms with Gasteiger partial charge in [0.2, 0.25) is 5.91 Å². The first-order valence-corrected chi connectivity index (χ1v) is 10.1. The van der Waals surface area contributed by atoms with Crippen LogP contribution < -0.4 is 0 Å². The molecule has 1 heterocycles. The summed E-state index contributed by atoms with van der Waals surface area (Å²) >= 11 is 24.5. The maximum atomic E-state index is 12.9. The number of amides is 1. The third kappa shape index (κ3) is 4.47. The molecule has 1 saturated heterocycles. The third-order valence-corrected chi connectivity index (χ3v) is 6.23. The summed E-state index contributed by atoms with van der Waals surface area (Å²) in [6.45, 7) is 0.906. The zero-order chi connectivity index (χ0) is 20.3. The van der Waals surface area contributed by atoms with E-state index in [0.29, 0.717) is 37.8 Å². The Morgan fingerprint density at radius 2 is 1.79 bits per heavy atom. The van der Waals surface area contributed by atoms with Crippen molar-refractivity contribution in [3.8, 4) is 0 Å². The summed E-state index contributed by atoms with van der Waals surface area (Å²) in [5.41, 5.74) is 0.300.